The average Bonchev–Trinajstić information content (AvgIpc) is 3.05. The van der Waals surface area contributed by atoms with E-state index in [1.165, 1.54) is 18.5 Å². The maximum Gasteiger partial charge on any atom is 0.418 e. The van der Waals surface area contributed by atoms with Gasteiger partial charge in [0.1, 0.15) is 5.60 Å². The fourth-order valence-electron chi connectivity index (χ4n) is 2.86. The van der Waals surface area contributed by atoms with Crippen molar-refractivity contribution in [2.45, 2.75) is 39.2 Å². The maximum absolute atomic E-state index is 12.3. The zero-order chi connectivity index (χ0) is 15.0. The van der Waals surface area contributed by atoms with Crippen molar-refractivity contribution in [2.75, 3.05) is 18.0 Å². The first kappa shape index (κ1) is 14.0. The van der Waals surface area contributed by atoms with Crippen LogP contribution < -0.4 is 4.90 Å². The van der Waals surface area contributed by atoms with E-state index in [2.05, 4.69) is 11.0 Å². The molecule has 2 aromatic rings. The Morgan fingerprint density at radius 3 is 2.52 bits per heavy atom. The van der Waals surface area contributed by atoms with Gasteiger partial charge in [-0.25, -0.2) is 4.79 Å². The van der Waals surface area contributed by atoms with E-state index in [1.807, 2.05) is 39.0 Å². The van der Waals surface area contributed by atoms with E-state index in [4.69, 9.17) is 4.74 Å². The van der Waals surface area contributed by atoms with Crippen molar-refractivity contribution in [1.29, 1.82) is 0 Å². The van der Waals surface area contributed by atoms with Crippen LogP contribution in [-0.2, 0) is 4.74 Å². The number of hydrogen-bond acceptors (Lipinski definition) is 3. The molecule has 0 spiro atoms. The fraction of sp³-hybridized carbons (Fsp3) is 0.471. The van der Waals surface area contributed by atoms with E-state index in [1.54, 1.807) is 10.8 Å². The monoisotopic (exact) mass is 286 g/mol. The van der Waals surface area contributed by atoms with Crippen molar-refractivity contribution in [2.24, 2.45) is 0 Å². The molecule has 21 heavy (non-hydrogen) atoms. The number of fused-ring (bicyclic) bond motifs is 1. The molecule has 0 N–H and O–H groups in total. The molecule has 112 valence electrons. The number of nitrogens with zero attached hydrogens (tertiary/aromatic N) is 2. The van der Waals surface area contributed by atoms with Crippen molar-refractivity contribution in [3.05, 3.63) is 30.5 Å². The van der Waals surface area contributed by atoms with E-state index < -0.39 is 5.60 Å². The van der Waals surface area contributed by atoms with Crippen molar-refractivity contribution in [3.8, 4) is 0 Å². The van der Waals surface area contributed by atoms with E-state index >= 15 is 0 Å². The van der Waals surface area contributed by atoms with Crippen LogP contribution in [0.15, 0.2) is 30.5 Å². The maximum atomic E-state index is 12.3. The lowest BCUT2D eigenvalue weighted by Crippen LogP contribution is -2.26. The number of rotatable bonds is 1. The zero-order valence-corrected chi connectivity index (χ0v) is 12.9. The van der Waals surface area contributed by atoms with Gasteiger partial charge in [-0.1, -0.05) is 6.07 Å². The average molecular weight is 286 g/mol. The molecule has 0 bridgehead atoms. The number of carbonyl (C=O) groups is 1. The lowest BCUT2D eigenvalue weighted by atomic mass is 10.2. The molecule has 1 aliphatic rings. The lowest BCUT2D eigenvalue weighted by molar-refractivity contribution is 0.0544. The molecule has 3 rings (SSSR count). The predicted molar refractivity (Wildman–Crippen MR) is 85.0 cm³/mol. The standard InChI is InChI=1S/C17H22N2O2/c1-17(2,3)21-16(20)19-12-9-13-14(7-6-8-15(13)19)18-10-4-5-11-18/h6-9,12H,4-5,10-11H2,1-3H3. The Morgan fingerprint density at radius 1 is 1.14 bits per heavy atom. The quantitative estimate of drug-likeness (QED) is 0.794. The molecule has 2 heterocycles. The van der Waals surface area contributed by atoms with Crippen molar-refractivity contribution in [3.63, 3.8) is 0 Å². The van der Waals surface area contributed by atoms with E-state index in [9.17, 15) is 4.79 Å². The molecule has 4 heteroatoms. The Balaban J connectivity index is 1.99. The number of benzene rings is 1. The van der Waals surface area contributed by atoms with Crippen LogP contribution in [-0.4, -0.2) is 29.4 Å². The summed E-state index contributed by atoms with van der Waals surface area (Å²) in [6.45, 7) is 7.83. The fourth-order valence-corrected chi connectivity index (χ4v) is 2.86. The van der Waals surface area contributed by atoms with Gasteiger partial charge in [-0.2, -0.15) is 0 Å². The number of anilines is 1. The lowest BCUT2D eigenvalue weighted by Gasteiger charge is -2.20. The molecule has 1 saturated heterocycles. The normalized spacial score (nSPS) is 15.7. The van der Waals surface area contributed by atoms with Crippen molar-refractivity contribution < 1.29 is 9.53 Å². The Labute approximate surface area is 125 Å². The van der Waals surface area contributed by atoms with Gasteiger partial charge in [0.05, 0.1) is 5.52 Å². The number of aromatic nitrogens is 1. The van der Waals surface area contributed by atoms with Gasteiger partial charge in [0.2, 0.25) is 0 Å². The molecule has 0 amide bonds. The Morgan fingerprint density at radius 2 is 1.86 bits per heavy atom. The second-order valence-electron chi connectivity index (χ2n) is 6.57. The van der Waals surface area contributed by atoms with Gasteiger partial charge in [-0.15, -0.1) is 0 Å². The minimum Gasteiger partial charge on any atom is -0.443 e. The highest BCUT2D eigenvalue weighted by molar-refractivity contribution is 5.97. The minimum absolute atomic E-state index is 0.323. The molecular formula is C17H22N2O2. The highest BCUT2D eigenvalue weighted by Gasteiger charge is 2.21. The molecular weight excluding hydrogens is 264 g/mol. The Bertz CT molecular complexity index is 661. The first-order valence-electron chi connectivity index (χ1n) is 7.54. The first-order chi connectivity index (χ1) is 9.96. The zero-order valence-electron chi connectivity index (χ0n) is 12.9. The molecule has 1 fully saturated rings. The van der Waals surface area contributed by atoms with Crippen LogP contribution in [0.1, 0.15) is 33.6 Å². The van der Waals surface area contributed by atoms with Crippen LogP contribution in [0.3, 0.4) is 0 Å². The molecule has 0 radical (unpaired) electrons. The number of ether oxygens (including phenoxy) is 1. The summed E-state index contributed by atoms with van der Waals surface area (Å²) in [6, 6.07) is 8.12. The third kappa shape index (κ3) is 2.75. The summed E-state index contributed by atoms with van der Waals surface area (Å²) in [5.74, 6) is 0. The Hall–Kier alpha value is -1.97. The van der Waals surface area contributed by atoms with Crippen LogP contribution >= 0.6 is 0 Å². The predicted octanol–water partition coefficient (Wildman–Crippen LogP) is 4.02. The smallest absolute Gasteiger partial charge is 0.418 e. The highest BCUT2D eigenvalue weighted by Crippen LogP contribution is 2.30. The second kappa shape index (κ2) is 5.10. The van der Waals surface area contributed by atoms with E-state index in [0.717, 1.165) is 24.0 Å². The van der Waals surface area contributed by atoms with Gasteiger partial charge in [-0.3, -0.25) is 4.57 Å². The molecule has 1 aromatic carbocycles. The molecule has 4 nitrogen and oxygen atoms in total. The Kier molecular flexibility index (Phi) is 3.40. The SMILES string of the molecule is CC(C)(C)OC(=O)n1ccc2c(N3CCCC3)cccc21. The summed E-state index contributed by atoms with van der Waals surface area (Å²) in [5.41, 5.74) is 1.64. The molecule has 0 unspecified atom stereocenters. The van der Waals surface area contributed by atoms with Crippen LogP contribution in [0.2, 0.25) is 0 Å². The molecule has 0 atom stereocenters. The largest absolute Gasteiger partial charge is 0.443 e. The summed E-state index contributed by atoms with van der Waals surface area (Å²) in [5, 5.41) is 1.12. The van der Waals surface area contributed by atoms with Crippen LogP contribution in [0.25, 0.3) is 10.9 Å². The van der Waals surface area contributed by atoms with Gasteiger partial charge in [0.25, 0.3) is 0 Å². The third-order valence-corrected chi connectivity index (χ3v) is 3.75. The summed E-state index contributed by atoms with van der Waals surface area (Å²) in [6.07, 6.45) is 3.96. The second-order valence-corrected chi connectivity index (χ2v) is 6.57. The van der Waals surface area contributed by atoms with E-state index in [0.29, 0.717) is 0 Å². The van der Waals surface area contributed by atoms with Gasteiger partial charge in [0.15, 0.2) is 0 Å². The van der Waals surface area contributed by atoms with Gasteiger partial charge >= 0.3 is 6.09 Å². The molecule has 1 aliphatic heterocycles. The van der Waals surface area contributed by atoms with Gasteiger partial charge in [0, 0.05) is 30.4 Å². The molecule has 0 aliphatic carbocycles. The first-order valence-corrected chi connectivity index (χ1v) is 7.54. The molecule has 0 saturated carbocycles. The van der Waals surface area contributed by atoms with Crippen LogP contribution in [0, 0.1) is 0 Å². The van der Waals surface area contributed by atoms with Crippen LogP contribution in [0.4, 0.5) is 10.5 Å². The summed E-state index contributed by atoms with van der Waals surface area (Å²) in [7, 11) is 0. The van der Waals surface area contributed by atoms with E-state index in [-0.39, 0.29) is 6.09 Å². The summed E-state index contributed by atoms with van der Waals surface area (Å²) < 4.78 is 7.06. The number of carbonyl (C=O) groups excluding carboxylic acids is 1. The van der Waals surface area contributed by atoms with Crippen molar-refractivity contribution >= 4 is 22.7 Å². The summed E-state index contributed by atoms with van der Waals surface area (Å²) >= 11 is 0. The van der Waals surface area contributed by atoms with Crippen molar-refractivity contribution in [1.82, 2.24) is 4.57 Å². The highest BCUT2D eigenvalue weighted by atomic mass is 16.6. The molecule has 1 aromatic heterocycles. The minimum atomic E-state index is -0.486. The van der Waals surface area contributed by atoms with Gasteiger partial charge in [-0.05, 0) is 51.8 Å². The van der Waals surface area contributed by atoms with Gasteiger partial charge < -0.3 is 9.64 Å². The number of hydrogen-bond donors (Lipinski definition) is 0. The van der Waals surface area contributed by atoms with Crippen LogP contribution in [0.5, 0.6) is 0 Å². The topological polar surface area (TPSA) is 34.5 Å². The third-order valence-electron chi connectivity index (χ3n) is 3.75. The summed E-state index contributed by atoms with van der Waals surface area (Å²) in [4.78, 5) is 14.7.